The van der Waals surface area contributed by atoms with Gasteiger partial charge in [0.05, 0.1) is 7.11 Å². The summed E-state index contributed by atoms with van der Waals surface area (Å²) in [4.78, 5) is 11.5. The molecule has 0 aromatic rings. The molecule has 1 aliphatic heterocycles. The van der Waals surface area contributed by atoms with Crippen molar-refractivity contribution in [2.75, 3.05) is 13.7 Å². The maximum atomic E-state index is 11.5. The SMILES string of the molecule is COC(=O)[C@@H]1C[C@H](C2CCCCC2)CCN1. The minimum atomic E-state index is -0.0829. The van der Waals surface area contributed by atoms with Crippen LogP contribution in [0.5, 0.6) is 0 Å². The third-order valence-electron chi connectivity index (χ3n) is 4.25. The van der Waals surface area contributed by atoms with Crippen LogP contribution >= 0.6 is 0 Å². The Kier molecular flexibility index (Phi) is 4.22. The quantitative estimate of drug-likeness (QED) is 0.731. The first-order valence-electron chi connectivity index (χ1n) is 6.62. The van der Waals surface area contributed by atoms with E-state index in [2.05, 4.69) is 5.32 Å². The predicted octanol–water partition coefficient (Wildman–Crippen LogP) is 2.11. The standard InChI is InChI=1S/C13H23NO2/c1-16-13(15)12-9-11(7-8-14-12)10-5-3-2-4-6-10/h10-12,14H,2-9H2,1H3/t11-,12+/m1/s1. The zero-order valence-corrected chi connectivity index (χ0v) is 10.2. The van der Waals surface area contributed by atoms with Crippen LogP contribution in [0.2, 0.25) is 0 Å². The van der Waals surface area contributed by atoms with Gasteiger partial charge in [0.1, 0.15) is 6.04 Å². The minimum absolute atomic E-state index is 0.0503. The highest BCUT2D eigenvalue weighted by molar-refractivity contribution is 5.75. The Morgan fingerprint density at radius 3 is 2.56 bits per heavy atom. The summed E-state index contributed by atoms with van der Waals surface area (Å²) >= 11 is 0. The van der Waals surface area contributed by atoms with E-state index in [9.17, 15) is 4.79 Å². The lowest BCUT2D eigenvalue weighted by Gasteiger charge is -2.36. The molecule has 3 nitrogen and oxygen atoms in total. The van der Waals surface area contributed by atoms with Crippen LogP contribution < -0.4 is 5.32 Å². The van der Waals surface area contributed by atoms with E-state index in [0.29, 0.717) is 0 Å². The van der Waals surface area contributed by atoms with Crippen molar-refractivity contribution in [1.29, 1.82) is 0 Å². The molecule has 0 aromatic heterocycles. The van der Waals surface area contributed by atoms with E-state index in [0.717, 1.165) is 24.8 Å². The number of nitrogens with one attached hydrogen (secondary N) is 1. The van der Waals surface area contributed by atoms with Gasteiger partial charge in [-0.3, -0.25) is 4.79 Å². The van der Waals surface area contributed by atoms with Crippen LogP contribution in [0.25, 0.3) is 0 Å². The molecule has 1 saturated heterocycles. The summed E-state index contributed by atoms with van der Waals surface area (Å²) < 4.78 is 4.82. The number of carbonyl (C=O) groups excluding carboxylic acids is 1. The zero-order chi connectivity index (χ0) is 11.4. The van der Waals surface area contributed by atoms with Gasteiger partial charge in [-0.05, 0) is 31.2 Å². The highest BCUT2D eigenvalue weighted by Crippen LogP contribution is 2.35. The normalized spacial score (nSPS) is 32.3. The Morgan fingerprint density at radius 2 is 1.88 bits per heavy atom. The fraction of sp³-hybridized carbons (Fsp3) is 0.923. The molecule has 3 heteroatoms. The molecule has 1 saturated carbocycles. The molecule has 1 aliphatic carbocycles. The van der Waals surface area contributed by atoms with Gasteiger partial charge in [0.2, 0.25) is 0 Å². The van der Waals surface area contributed by atoms with Gasteiger partial charge in [-0.1, -0.05) is 32.1 Å². The predicted molar refractivity (Wildman–Crippen MR) is 63.1 cm³/mol. The van der Waals surface area contributed by atoms with Crippen molar-refractivity contribution in [3.05, 3.63) is 0 Å². The first-order chi connectivity index (χ1) is 7.81. The monoisotopic (exact) mass is 225 g/mol. The van der Waals surface area contributed by atoms with Crippen molar-refractivity contribution in [2.24, 2.45) is 11.8 Å². The van der Waals surface area contributed by atoms with Gasteiger partial charge in [0.25, 0.3) is 0 Å². The van der Waals surface area contributed by atoms with E-state index >= 15 is 0 Å². The Bertz CT molecular complexity index is 236. The molecule has 0 bridgehead atoms. The van der Waals surface area contributed by atoms with E-state index in [1.807, 2.05) is 0 Å². The number of ether oxygens (including phenoxy) is 1. The summed E-state index contributed by atoms with van der Waals surface area (Å²) in [5.74, 6) is 1.52. The molecule has 2 atom stereocenters. The number of rotatable bonds is 2. The maximum absolute atomic E-state index is 11.5. The molecule has 1 heterocycles. The summed E-state index contributed by atoms with van der Waals surface area (Å²) in [6, 6.07) is -0.0503. The van der Waals surface area contributed by atoms with Gasteiger partial charge < -0.3 is 10.1 Å². The third kappa shape index (κ3) is 2.76. The van der Waals surface area contributed by atoms with Gasteiger partial charge >= 0.3 is 5.97 Å². The van der Waals surface area contributed by atoms with Crippen molar-refractivity contribution < 1.29 is 9.53 Å². The van der Waals surface area contributed by atoms with Crippen LogP contribution in [0, 0.1) is 11.8 Å². The molecule has 0 aromatic carbocycles. The number of esters is 1. The number of piperidine rings is 1. The van der Waals surface area contributed by atoms with Gasteiger partial charge in [0, 0.05) is 0 Å². The summed E-state index contributed by atoms with van der Waals surface area (Å²) in [6.07, 6.45) is 9.14. The molecule has 16 heavy (non-hydrogen) atoms. The minimum Gasteiger partial charge on any atom is -0.468 e. The lowest BCUT2D eigenvalue weighted by atomic mass is 9.74. The maximum Gasteiger partial charge on any atom is 0.322 e. The summed E-state index contributed by atoms with van der Waals surface area (Å²) in [5.41, 5.74) is 0. The van der Waals surface area contributed by atoms with Crippen molar-refractivity contribution in [3.63, 3.8) is 0 Å². The van der Waals surface area contributed by atoms with Crippen LogP contribution in [0.15, 0.2) is 0 Å². The van der Waals surface area contributed by atoms with Crippen LogP contribution in [-0.4, -0.2) is 25.7 Å². The second-order valence-corrected chi connectivity index (χ2v) is 5.21. The van der Waals surface area contributed by atoms with E-state index < -0.39 is 0 Å². The number of hydrogen-bond acceptors (Lipinski definition) is 3. The summed E-state index contributed by atoms with van der Waals surface area (Å²) in [6.45, 7) is 0.973. The Hall–Kier alpha value is -0.570. The molecular formula is C13H23NO2. The van der Waals surface area contributed by atoms with Crippen LogP contribution in [0.3, 0.4) is 0 Å². The largest absolute Gasteiger partial charge is 0.468 e. The number of hydrogen-bond donors (Lipinski definition) is 1. The molecule has 0 spiro atoms. The smallest absolute Gasteiger partial charge is 0.322 e. The van der Waals surface area contributed by atoms with Crippen LogP contribution in [0.1, 0.15) is 44.9 Å². The van der Waals surface area contributed by atoms with Crippen molar-refractivity contribution in [1.82, 2.24) is 5.32 Å². The molecule has 0 radical (unpaired) electrons. The highest BCUT2D eigenvalue weighted by atomic mass is 16.5. The summed E-state index contributed by atoms with van der Waals surface area (Å²) in [5, 5.41) is 3.26. The van der Waals surface area contributed by atoms with Crippen LogP contribution in [-0.2, 0) is 9.53 Å². The van der Waals surface area contributed by atoms with E-state index in [1.165, 1.54) is 45.6 Å². The molecule has 1 N–H and O–H groups in total. The molecule has 0 amide bonds. The fourth-order valence-corrected chi connectivity index (χ4v) is 3.30. The average molecular weight is 225 g/mol. The lowest BCUT2D eigenvalue weighted by Crippen LogP contribution is -2.45. The van der Waals surface area contributed by atoms with Gasteiger partial charge in [-0.25, -0.2) is 0 Å². The molecular weight excluding hydrogens is 202 g/mol. The fourth-order valence-electron chi connectivity index (χ4n) is 3.30. The van der Waals surface area contributed by atoms with Crippen molar-refractivity contribution in [3.8, 4) is 0 Å². The Morgan fingerprint density at radius 1 is 1.12 bits per heavy atom. The molecule has 2 rings (SSSR count). The van der Waals surface area contributed by atoms with E-state index in [4.69, 9.17) is 4.74 Å². The molecule has 2 fully saturated rings. The summed E-state index contributed by atoms with van der Waals surface area (Å²) in [7, 11) is 1.48. The Balaban J connectivity index is 1.87. The molecule has 0 unspecified atom stereocenters. The third-order valence-corrected chi connectivity index (χ3v) is 4.25. The molecule has 2 aliphatic rings. The second kappa shape index (κ2) is 5.67. The van der Waals surface area contributed by atoms with Crippen molar-refractivity contribution >= 4 is 5.97 Å². The van der Waals surface area contributed by atoms with E-state index in [-0.39, 0.29) is 12.0 Å². The van der Waals surface area contributed by atoms with E-state index in [1.54, 1.807) is 0 Å². The Labute approximate surface area is 97.9 Å². The second-order valence-electron chi connectivity index (χ2n) is 5.21. The van der Waals surface area contributed by atoms with Gasteiger partial charge in [0.15, 0.2) is 0 Å². The van der Waals surface area contributed by atoms with Crippen molar-refractivity contribution in [2.45, 2.75) is 51.0 Å². The van der Waals surface area contributed by atoms with Gasteiger partial charge in [-0.15, -0.1) is 0 Å². The topological polar surface area (TPSA) is 38.3 Å². The number of carbonyl (C=O) groups is 1. The zero-order valence-electron chi connectivity index (χ0n) is 10.2. The molecule has 92 valence electrons. The first-order valence-corrected chi connectivity index (χ1v) is 6.62. The average Bonchev–Trinajstić information content (AvgIpc) is 2.39. The number of methoxy groups -OCH3 is 1. The van der Waals surface area contributed by atoms with Crippen LogP contribution in [0.4, 0.5) is 0 Å². The first kappa shape index (κ1) is 11.9. The lowest BCUT2D eigenvalue weighted by molar-refractivity contribution is -0.144. The van der Waals surface area contributed by atoms with Gasteiger partial charge in [-0.2, -0.15) is 0 Å². The highest BCUT2D eigenvalue weighted by Gasteiger charge is 2.32.